The van der Waals surface area contributed by atoms with Crippen LogP contribution in [0.15, 0.2) is 58.1 Å². The Balaban J connectivity index is 2.28. The van der Waals surface area contributed by atoms with Crippen LogP contribution in [0.25, 0.3) is 28.0 Å². The van der Waals surface area contributed by atoms with Gasteiger partial charge in [-0.15, -0.1) is 0 Å². The van der Waals surface area contributed by atoms with E-state index in [1.807, 2.05) is 43.3 Å². The van der Waals surface area contributed by atoms with Gasteiger partial charge in [-0.3, -0.25) is 13.9 Å². The van der Waals surface area contributed by atoms with Gasteiger partial charge in [-0.1, -0.05) is 35.4 Å². The standard InChI is InChI=1S/C19H14ClN3O2/c1-11-6-8-12(9-7-11)23-16-5-3-4-15(20)13(16)10-14-17(23)21-19(25)22(2)18(14)24/h3-10H,1-2H3. The lowest BCUT2D eigenvalue weighted by Crippen LogP contribution is -2.35. The number of aromatic nitrogens is 3. The Hall–Kier alpha value is -2.92. The molecule has 124 valence electrons. The minimum absolute atomic E-state index is 0.326. The van der Waals surface area contributed by atoms with Gasteiger partial charge in [0.05, 0.1) is 11.1 Å². The molecule has 0 bridgehead atoms. The van der Waals surface area contributed by atoms with Gasteiger partial charge in [-0.05, 0) is 37.3 Å². The topological polar surface area (TPSA) is 56.9 Å². The van der Waals surface area contributed by atoms with E-state index < -0.39 is 11.2 Å². The summed E-state index contributed by atoms with van der Waals surface area (Å²) in [7, 11) is 1.42. The first-order chi connectivity index (χ1) is 12.0. The Morgan fingerprint density at radius 2 is 1.76 bits per heavy atom. The Bertz CT molecular complexity index is 1210. The fourth-order valence-electron chi connectivity index (χ4n) is 2.96. The molecule has 2 aromatic rings. The Kier molecular flexibility index (Phi) is 3.47. The normalized spacial score (nSPS) is 11.3. The van der Waals surface area contributed by atoms with Crippen LogP contribution in [-0.4, -0.2) is 14.1 Å². The van der Waals surface area contributed by atoms with Gasteiger partial charge in [0.2, 0.25) is 0 Å². The summed E-state index contributed by atoms with van der Waals surface area (Å²) < 4.78 is 2.81. The van der Waals surface area contributed by atoms with Crippen LogP contribution < -0.4 is 11.2 Å². The van der Waals surface area contributed by atoms with Gasteiger partial charge in [0.1, 0.15) is 0 Å². The molecule has 6 heteroatoms. The summed E-state index contributed by atoms with van der Waals surface area (Å²) in [6.07, 6.45) is 0. The van der Waals surface area contributed by atoms with Crippen LogP contribution in [0.3, 0.4) is 0 Å². The minimum atomic E-state index is -0.584. The van der Waals surface area contributed by atoms with Crippen molar-refractivity contribution in [3.63, 3.8) is 0 Å². The van der Waals surface area contributed by atoms with Crippen LogP contribution >= 0.6 is 11.6 Å². The fourth-order valence-corrected chi connectivity index (χ4v) is 3.19. The van der Waals surface area contributed by atoms with Crippen molar-refractivity contribution >= 4 is 22.5 Å². The average Bonchev–Trinajstić information content (AvgIpc) is 2.60. The maximum Gasteiger partial charge on any atom is 0.352 e. The summed E-state index contributed by atoms with van der Waals surface area (Å²) in [5.74, 6) is 0.326. The zero-order valence-electron chi connectivity index (χ0n) is 13.7. The monoisotopic (exact) mass is 351 g/mol. The number of rotatable bonds is 1. The molecule has 4 rings (SSSR count). The Morgan fingerprint density at radius 3 is 2.48 bits per heavy atom. The molecule has 2 aromatic carbocycles. The van der Waals surface area contributed by atoms with Crippen molar-refractivity contribution in [1.82, 2.24) is 14.1 Å². The largest absolute Gasteiger partial charge is 0.352 e. The highest BCUT2D eigenvalue weighted by Crippen LogP contribution is 2.31. The second kappa shape index (κ2) is 5.57. The SMILES string of the molecule is Cc1ccc(-n2c3nc(=O)n(C)c(=O)c-3cc3c(Cl)cccc32)cc1. The molecule has 2 aliphatic rings. The molecule has 0 aromatic heterocycles. The number of hydrogen-bond donors (Lipinski definition) is 0. The summed E-state index contributed by atoms with van der Waals surface area (Å²) in [5.41, 5.74) is 2.08. The van der Waals surface area contributed by atoms with E-state index in [0.29, 0.717) is 16.4 Å². The van der Waals surface area contributed by atoms with Crippen molar-refractivity contribution in [2.24, 2.45) is 7.05 Å². The van der Waals surface area contributed by atoms with Gasteiger partial charge in [0.25, 0.3) is 5.56 Å². The van der Waals surface area contributed by atoms with Crippen LogP contribution in [0.2, 0.25) is 5.02 Å². The molecular weight excluding hydrogens is 338 g/mol. The Labute approximate surface area is 148 Å². The number of pyridine rings is 1. The first-order valence-corrected chi connectivity index (χ1v) is 8.13. The van der Waals surface area contributed by atoms with Crippen molar-refractivity contribution in [1.29, 1.82) is 0 Å². The first-order valence-electron chi connectivity index (χ1n) is 7.75. The van der Waals surface area contributed by atoms with E-state index in [1.165, 1.54) is 7.05 Å². The van der Waals surface area contributed by atoms with Crippen molar-refractivity contribution in [3.8, 4) is 17.1 Å². The number of hydrogen-bond acceptors (Lipinski definition) is 3. The van der Waals surface area contributed by atoms with E-state index in [2.05, 4.69) is 4.98 Å². The van der Waals surface area contributed by atoms with Crippen molar-refractivity contribution in [2.75, 3.05) is 0 Å². The quantitative estimate of drug-likeness (QED) is 0.495. The summed E-state index contributed by atoms with van der Waals surface area (Å²) in [4.78, 5) is 28.9. The zero-order chi connectivity index (χ0) is 17.7. The molecule has 0 amide bonds. The highest BCUT2D eigenvalue weighted by Gasteiger charge is 2.20. The molecule has 0 aliphatic carbocycles. The molecule has 0 saturated carbocycles. The van der Waals surface area contributed by atoms with Crippen molar-refractivity contribution in [2.45, 2.75) is 6.92 Å². The average molecular weight is 352 g/mol. The highest BCUT2D eigenvalue weighted by molar-refractivity contribution is 6.35. The molecular formula is C19H14ClN3O2. The van der Waals surface area contributed by atoms with Gasteiger partial charge in [0.15, 0.2) is 5.82 Å². The molecule has 0 spiro atoms. The number of benzene rings is 2. The summed E-state index contributed by atoms with van der Waals surface area (Å²) in [5, 5.41) is 1.27. The predicted molar refractivity (Wildman–Crippen MR) is 98.9 cm³/mol. The molecule has 5 nitrogen and oxygen atoms in total. The molecule has 2 heterocycles. The van der Waals surface area contributed by atoms with E-state index in [-0.39, 0.29) is 0 Å². The molecule has 25 heavy (non-hydrogen) atoms. The Morgan fingerprint density at radius 1 is 1.04 bits per heavy atom. The lowest BCUT2D eigenvalue weighted by molar-refractivity contribution is 0.766. The molecule has 0 unspecified atom stereocenters. The van der Waals surface area contributed by atoms with Crippen LogP contribution in [0.4, 0.5) is 0 Å². The van der Waals surface area contributed by atoms with Crippen LogP contribution in [0, 0.1) is 6.92 Å². The van der Waals surface area contributed by atoms with Gasteiger partial charge in [0, 0.05) is 23.1 Å². The van der Waals surface area contributed by atoms with Crippen LogP contribution in [0.5, 0.6) is 0 Å². The summed E-state index contributed by atoms with van der Waals surface area (Å²) in [6.45, 7) is 2.00. The number of aryl methyl sites for hydroxylation is 1. The van der Waals surface area contributed by atoms with Crippen molar-refractivity contribution in [3.05, 3.63) is 80.0 Å². The molecule has 0 atom stereocenters. The maximum absolute atomic E-state index is 12.6. The first kappa shape index (κ1) is 15.6. The van der Waals surface area contributed by atoms with E-state index in [4.69, 9.17) is 11.6 Å². The fraction of sp³-hybridized carbons (Fsp3) is 0.105. The van der Waals surface area contributed by atoms with E-state index in [9.17, 15) is 9.59 Å². The third-order valence-electron chi connectivity index (χ3n) is 4.33. The van der Waals surface area contributed by atoms with Gasteiger partial charge >= 0.3 is 5.69 Å². The van der Waals surface area contributed by atoms with Crippen molar-refractivity contribution < 1.29 is 0 Å². The molecule has 2 aliphatic heterocycles. The highest BCUT2D eigenvalue weighted by atomic mass is 35.5. The van der Waals surface area contributed by atoms with Gasteiger partial charge in [-0.25, -0.2) is 4.79 Å². The minimum Gasteiger partial charge on any atom is -0.294 e. The van der Waals surface area contributed by atoms with Gasteiger partial charge < -0.3 is 0 Å². The molecule has 0 N–H and O–H groups in total. The van der Waals surface area contributed by atoms with Crippen LogP contribution in [0.1, 0.15) is 5.56 Å². The summed E-state index contributed by atoms with van der Waals surface area (Å²) in [6, 6.07) is 15.0. The van der Waals surface area contributed by atoms with E-state index in [1.54, 1.807) is 16.7 Å². The second-order valence-corrected chi connectivity index (χ2v) is 6.39. The molecule has 0 radical (unpaired) electrons. The van der Waals surface area contributed by atoms with E-state index in [0.717, 1.165) is 26.7 Å². The number of fused-ring (bicyclic) bond motifs is 2. The van der Waals surface area contributed by atoms with Gasteiger partial charge in [-0.2, -0.15) is 4.98 Å². The predicted octanol–water partition coefficient (Wildman–Crippen LogP) is 3.15. The second-order valence-electron chi connectivity index (χ2n) is 5.98. The number of nitrogens with zero attached hydrogens (tertiary/aromatic N) is 3. The molecule has 0 saturated heterocycles. The summed E-state index contributed by atoms with van der Waals surface area (Å²) >= 11 is 6.36. The molecule has 0 fully saturated rings. The van der Waals surface area contributed by atoms with E-state index >= 15 is 0 Å². The lowest BCUT2D eigenvalue weighted by atomic mass is 10.1. The third-order valence-corrected chi connectivity index (χ3v) is 4.66. The smallest absolute Gasteiger partial charge is 0.294 e. The van der Waals surface area contributed by atoms with Crippen LogP contribution in [-0.2, 0) is 7.05 Å². The lowest BCUT2D eigenvalue weighted by Gasteiger charge is -2.19. The number of halogens is 1. The third kappa shape index (κ3) is 2.36. The zero-order valence-corrected chi connectivity index (χ0v) is 14.4. The maximum atomic E-state index is 12.6.